The molecule has 8 heteroatoms. The molecule has 1 amide bonds. The van der Waals surface area contributed by atoms with Gasteiger partial charge in [0, 0.05) is 12.1 Å². The number of carbonyl (C=O) groups is 1. The minimum Gasteiger partial charge on any atom is -0.497 e. The molecule has 1 aromatic carbocycles. The number of methoxy groups -OCH3 is 1. The number of benzene rings is 1. The first-order valence-electron chi connectivity index (χ1n) is 9.70. The van der Waals surface area contributed by atoms with E-state index >= 15 is 0 Å². The third kappa shape index (κ3) is 3.86. The van der Waals surface area contributed by atoms with Crippen LogP contribution in [0.15, 0.2) is 24.3 Å². The summed E-state index contributed by atoms with van der Waals surface area (Å²) in [5, 5.41) is 11.6. The topological polar surface area (TPSA) is 95.1 Å². The lowest BCUT2D eigenvalue weighted by molar-refractivity contribution is 0.0751. The summed E-state index contributed by atoms with van der Waals surface area (Å²) < 4.78 is 6.88. The van der Waals surface area contributed by atoms with E-state index in [4.69, 9.17) is 10.5 Å². The highest BCUT2D eigenvalue weighted by Gasteiger charge is 2.40. The van der Waals surface area contributed by atoms with Crippen molar-refractivity contribution in [2.45, 2.75) is 51.1 Å². The molecule has 2 aromatic rings. The monoisotopic (exact) mass is 405 g/mol. The SMILES string of the molecule is COc1ccc(-n2nnc(C(=O)NC3C4CCCC3CC(N)C4)c2C)cc1.Cl. The van der Waals surface area contributed by atoms with E-state index in [1.165, 1.54) is 6.42 Å². The van der Waals surface area contributed by atoms with E-state index in [0.29, 0.717) is 17.5 Å². The van der Waals surface area contributed by atoms with Gasteiger partial charge in [-0.3, -0.25) is 4.79 Å². The summed E-state index contributed by atoms with van der Waals surface area (Å²) in [6, 6.07) is 8.00. The van der Waals surface area contributed by atoms with Crippen molar-refractivity contribution in [2.24, 2.45) is 17.6 Å². The zero-order chi connectivity index (χ0) is 19.0. The fourth-order valence-corrected chi connectivity index (χ4v) is 4.75. The maximum atomic E-state index is 12.9. The Labute approximate surface area is 171 Å². The van der Waals surface area contributed by atoms with Crippen LogP contribution in [-0.2, 0) is 0 Å². The minimum atomic E-state index is -0.135. The molecule has 2 atom stereocenters. The number of hydrogen-bond donors (Lipinski definition) is 2. The molecule has 2 unspecified atom stereocenters. The van der Waals surface area contributed by atoms with Gasteiger partial charge >= 0.3 is 0 Å². The van der Waals surface area contributed by atoms with Crippen LogP contribution in [0, 0.1) is 18.8 Å². The lowest BCUT2D eigenvalue weighted by atomic mass is 9.67. The molecule has 0 aliphatic heterocycles. The molecule has 152 valence electrons. The van der Waals surface area contributed by atoms with Crippen LogP contribution in [0.2, 0.25) is 0 Å². The maximum Gasteiger partial charge on any atom is 0.274 e. The van der Waals surface area contributed by atoms with E-state index in [1.54, 1.807) is 11.8 Å². The summed E-state index contributed by atoms with van der Waals surface area (Å²) >= 11 is 0. The second-order valence-corrected chi connectivity index (χ2v) is 7.82. The average Bonchev–Trinajstić information content (AvgIpc) is 3.04. The van der Waals surface area contributed by atoms with Gasteiger partial charge in [0.15, 0.2) is 5.69 Å². The van der Waals surface area contributed by atoms with E-state index in [1.807, 2.05) is 31.2 Å². The van der Waals surface area contributed by atoms with Crippen LogP contribution >= 0.6 is 12.4 Å². The van der Waals surface area contributed by atoms with E-state index in [9.17, 15) is 4.79 Å². The van der Waals surface area contributed by atoms with Gasteiger partial charge in [-0.25, -0.2) is 4.68 Å². The Hall–Kier alpha value is -2.12. The van der Waals surface area contributed by atoms with Crippen molar-refractivity contribution in [3.8, 4) is 11.4 Å². The van der Waals surface area contributed by atoms with Crippen molar-refractivity contribution in [3.05, 3.63) is 35.7 Å². The van der Waals surface area contributed by atoms with Crippen molar-refractivity contribution < 1.29 is 9.53 Å². The van der Waals surface area contributed by atoms with Crippen LogP contribution in [0.25, 0.3) is 5.69 Å². The lowest BCUT2D eigenvalue weighted by Crippen LogP contribution is -2.53. The third-order valence-electron chi connectivity index (χ3n) is 6.10. The summed E-state index contributed by atoms with van der Waals surface area (Å²) in [6.45, 7) is 1.87. The summed E-state index contributed by atoms with van der Waals surface area (Å²) in [7, 11) is 1.63. The molecule has 2 aliphatic carbocycles. The van der Waals surface area contributed by atoms with Gasteiger partial charge in [-0.05, 0) is 68.7 Å². The van der Waals surface area contributed by atoms with Gasteiger partial charge in [-0.2, -0.15) is 0 Å². The number of nitrogens with two attached hydrogens (primary N) is 1. The summed E-state index contributed by atoms with van der Waals surface area (Å²) in [4.78, 5) is 12.9. The van der Waals surface area contributed by atoms with Crippen LogP contribution in [-0.4, -0.2) is 40.1 Å². The molecule has 2 bridgehead atoms. The van der Waals surface area contributed by atoms with Crippen LogP contribution in [0.4, 0.5) is 0 Å². The van der Waals surface area contributed by atoms with Crippen LogP contribution < -0.4 is 15.8 Å². The van der Waals surface area contributed by atoms with Crippen molar-refractivity contribution in [1.82, 2.24) is 20.3 Å². The Morgan fingerprint density at radius 1 is 1.21 bits per heavy atom. The average molecular weight is 406 g/mol. The highest BCUT2D eigenvalue weighted by molar-refractivity contribution is 5.93. The van der Waals surface area contributed by atoms with E-state index in [0.717, 1.165) is 42.8 Å². The molecule has 3 N–H and O–H groups in total. The molecule has 0 saturated heterocycles. The zero-order valence-electron chi connectivity index (χ0n) is 16.3. The molecule has 7 nitrogen and oxygen atoms in total. The number of nitrogens with one attached hydrogen (secondary N) is 1. The Balaban J connectivity index is 0.00000225. The molecule has 1 heterocycles. The number of carbonyl (C=O) groups excluding carboxylic acids is 1. The standard InChI is InChI=1S/C20H27N5O2.ClH/c1-12-18(23-24-25(12)16-6-8-17(27-2)9-7-16)20(26)22-19-13-4-3-5-14(19)11-15(21)10-13;/h6-9,13-15,19H,3-5,10-11,21H2,1-2H3,(H,22,26);1H. The fraction of sp³-hybridized carbons (Fsp3) is 0.550. The van der Waals surface area contributed by atoms with Gasteiger partial charge in [-0.15, -0.1) is 17.5 Å². The Morgan fingerprint density at radius 2 is 1.86 bits per heavy atom. The molecule has 1 aromatic heterocycles. The molecule has 2 saturated carbocycles. The molecule has 0 spiro atoms. The van der Waals surface area contributed by atoms with E-state index in [2.05, 4.69) is 15.6 Å². The van der Waals surface area contributed by atoms with Crippen molar-refractivity contribution in [1.29, 1.82) is 0 Å². The van der Waals surface area contributed by atoms with Gasteiger partial charge in [-0.1, -0.05) is 11.6 Å². The maximum absolute atomic E-state index is 12.9. The summed E-state index contributed by atoms with van der Waals surface area (Å²) in [5.74, 6) is 1.60. The normalized spacial score (nSPS) is 26.2. The first kappa shape index (κ1) is 20.6. The second-order valence-electron chi connectivity index (χ2n) is 7.82. The largest absolute Gasteiger partial charge is 0.497 e. The predicted molar refractivity (Wildman–Crippen MR) is 109 cm³/mol. The summed E-state index contributed by atoms with van der Waals surface area (Å²) in [6.07, 6.45) is 5.53. The van der Waals surface area contributed by atoms with Crippen LogP contribution in [0.3, 0.4) is 0 Å². The van der Waals surface area contributed by atoms with Gasteiger partial charge in [0.2, 0.25) is 0 Å². The minimum absolute atomic E-state index is 0. The van der Waals surface area contributed by atoms with E-state index in [-0.39, 0.29) is 30.4 Å². The number of hydrogen-bond acceptors (Lipinski definition) is 5. The zero-order valence-corrected chi connectivity index (χ0v) is 17.1. The van der Waals surface area contributed by atoms with Crippen LogP contribution in [0.5, 0.6) is 5.75 Å². The summed E-state index contributed by atoms with van der Waals surface area (Å²) in [5.41, 5.74) is 8.16. The van der Waals surface area contributed by atoms with Crippen molar-refractivity contribution in [3.63, 3.8) is 0 Å². The highest BCUT2D eigenvalue weighted by Crippen LogP contribution is 2.39. The van der Waals surface area contributed by atoms with Gasteiger partial charge in [0.05, 0.1) is 18.5 Å². The third-order valence-corrected chi connectivity index (χ3v) is 6.10. The molecule has 4 rings (SSSR count). The fourth-order valence-electron chi connectivity index (χ4n) is 4.75. The molecular weight excluding hydrogens is 378 g/mol. The molecule has 2 fully saturated rings. The van der Waals surface area contributed by atoms with Gasteiger partial charge in [0.25, 0.3) is 5.91 Å². The first-order valence-corrected chi connectivity index (χ1v) is 9.70. The van der Waals surface area contributed by atoms with Crippen LogP contribution in [0.1, 0.15) is 48.3 Å². The molecule has 28 heavy (non-hydrogen) atoms. The Bertz CT molecular complexity index is 809. The highest BCUT2D eigenvalue weighted by atomic mass is 35.5. The quantitative estimate of drug-likeness (QED) is 0.815. The van der Waals surface area contributed by atoms with Gasteiger partial charge in [0.1, 0.15) is 5.75 Å². The van der Waals surface area contributed by atoms with Gasteiger partial charge < -0.3 is 15.8 Å². The number of ether oxygens (including phenoxy) is 1. The van der Waals surface area contributed by atoms with Crippen molar-refractivity contribution >= 4 is 18.3 Å². The number of halogens is 1. The number of fused-ring (bicyclic) bond motifs is 2. The smallest absolute Gasteiger partial charge is 0.274 e. The van der Waals surface area contributed by atoms with Crippen molar-refractivity contribution in [2.75, 3.05) is 7.11 Å². The number of rotatable bonds is 4. The van der Waals surface area contributed by atoms with E-state index < -0.39 is 0 Å². The second kappa shape index (κ2) is 8.49. The lowest BCUT2D eigenvalue weighted by Gasteiger charge is -2.45. The predicted octanol–water partition coefficient (Wildman–Crippen LogP) is 2.64. The molecule has 0 radical (unpaired) electrons. The number of aromatic nitrogens is 3. The number of amides is 1. The molecular formula is C20H28ClN5O2. The number of nitrogens with zero attached hydrogens (tertiary/aromatic N) is 3. The first-order chi connectivity index (χ1) is 13.1. The Kier molecular flexibility index (Phi) is 6.25. The molecule has 2 aliphatic rings. The Morgan fingerprint density at radius 3 is 2.46 bits per heavy atom.